The fourth-order valence-corrected chi connectivity index (χ4v) is 0.385. The molecule has 1 rings (SSSR count). The lowest BCUT2D eigenvalue weighted by Gasteiger charge is -2.14. The molecule has 0 radical (unpaired) electrons. The zero-order chi connectivity index (χ0) is 8.74. The molecule has 0 aliphatic carbocycles. The van der Waals surface area contributed by atoms with E-state index in [1.54, 1.807) is 0 Å². The van der Waals surface area contributed by atoms with E-state index in [2.05, 4.69) is 28.2 Å². The monoisotopic (exact) mass is 231 g/mol. The van der Waals surface area contributed by atoms with Gasteiger partial charge in [0.2, 0.25) is 0 Å². The van der Waals surface area contributed by atoms with E-state index in [0.29, 0.717) is 0 Å². The highest BCUT2D eigenvalue weighted by Crippen LogP contribution is 1.79. The summed E-state index contributed by atoms with van der Waals surface area (Å²) in [4.78, 5) is 0. The van der Waals surface area contributed by atoms with E-state index in [9.17, 15) is 0 Å². The van der Waals surface area contributed by atoms with Crippen molar-refractivity contribution in [2.24, 2.45) is 0 Å². The number of benzene rings is 1. The molecule has 0 heterocycles. The van der Waals surface area contributed by atoms with Gasteiger partial charge in [-0.1, -0.05) is 36.4 Å². The molecule has 1 nitrogen and oxygen atoms in total. The second kappa shape index (κ2) is 7.32. The lowest BCUT2D eigenvalue weighted by Crippen LogP contribution is -3.00. The van der Waals surface area contributed by atoms with Crippen molar-refractivity contribution in [1.82, 2.24) is 0 Å². The van der Waals surface area contributed by atoms with Crippen molar-refractivity contribution in [3.05, 3.63) is 36.4 Å². The molecule has 0 saturated carbocycles. The molecule has 0 fully saturated rings. The summed E-state index contributed by atoms with van der Waals surface area (Å²) in [5.74, 6) is 0. The Labute approximate surface area is 86.4 Å². The predicted octanol–water partition coefficient (Wildman–Crippen LogP) is -0.987. The van der Waals surface area contributed by atoms with Crippen molar-refractivity contribution < 1.29 is 21.5 Å². The first-order valence-corrected chi connectivity index (χ1v) is 3.79. The highest BCUT2D eigenvalue weighted by atomic mass is 79.9. The SMILES string of the molecule is C[N+](C)(C)C.[Br-].c1ccccc1. The molecule has 0 saturated heterocycles. The zero-order valence-electron chi connectivity index (χ0n) is 8.29. The minimum atomic E-state index is 0. The van der Waals surface area contributed by atoms with E-state index in [1.165, 1.54) is 0 Å². The van der Waals surface area contributed by atoms with Crippen LogP contribution in [0.5, 0.6) is 0 Å². The van der Waals surface area contributed by atoms with Crippen molar-refractivity contribution in [2.75, 3.05) is 28.2 Å². The van der Waals surface area contributed by atoms with E-state index in [1.807, 2.05) is 36.4 Å². The van der Waals surface area contributed by atoms with Gasteiger partial charge in [0.05, 0.1) is 28.2 Å². The number of quaternary nitrogens is 1. The van der Waals surface area contributed by atoms with E-state index < -0.39 is 0 Å². The first-order chi connectivity index (χ1) is 5.00. The van der Waals surface area contributed by atoms with Gasteiger partial charge in [0.1, 0.15) is 0 Å². The van der Waals surface area contributed by atoms with Crippen LogP contribution in [0.2, 0.25) is 0 Å². The van der Waals surface area contributed by atoms with Crippen LogP contribution in [-0.2, 0) is 0 Å². The molecule has 70 valence electrons. The topological polar surface area (TPSA) is 0 Å². The van der Waals surface area contributed by atoms with Crippen LogP contribution in [0.4, 0.5) is 0 Å². The Hall–Kier alpha value is -0.340. The van der Waals surface area contributed by atoms with E-state index in [-0.39, 0.29) is 17.0 Å². The quantitative estimate of drug-likeness (QED) is 0.504. The van der Waals surface area contributed by atoms with Crippen LogP contribution in [0.3, 0.4) is 0 Å². The Morgan fingerprint density at radius 1 is 0.583 bits per heavy atom. The second-order valence-electron chi connectivity index (χ2n) is 3.84. The summed E-state index contributed by atoms with van der Waals surface area (Å²) in [5.41, 5.74) is 0. The third-order valence-corrected chi connectivity index (χ3v) is 0.667. The number of halogens is 1. The molecule has 0 amide bonds. The van der Waals surface area contributed by atoms with E-state index in [4.69, 9.17) is 0 Å². The average molecular weight is 232 g/mol. The molecule has 0 unspecified atom stereocenters. The van der Waals surface area contributed by atoms with Crippen molar-refractivity contribution in [2.45, 2.75) is 0 Å². The maximum atomic E-state index is 2.12. The normalized spacial score (nSPS) is 9.00. The van der Waals surface area contributed by atoms with Gasteiger partial charge < -0.3 is 21.5 Å². The first kappa shape index (κ1) is 14.2. The summed E-state index contributed by atoms with van der Waals surface area (Å²) < 4.78 is 1.00. The van der Waals surface area contributed by atoms with Crippen LogP contribution in [0, 0.1) is 0 Å². The van der Waals surface area contributed by atoms with Crippen molar-refractivity contribution >= 4 is 0 Å². The summed E-state index contributed by atoms with van der Waals surface area (Å²) in [7, 11) is 8.50. The molecule has 0 aliphatic rings. The molecular formula is C10H18BrN. The fourth-order valence-electron chi connectivity index (χ4n) is 0.385. The Morgan fingerprint density at radius 3 is 0.750 bits per heavy atom. The molecule has 0 aliphatic heterocycles. The Bertz CT molecular complexity index is 134. The van der Waals surface area contributed by atoms with Crippen LogP contribution in [0.1, 0.15) is 0 Å². The van der Waals surface area contributed by atoms with Gasteiger partial charge in [0.25, 0.3) is 0 Å². The van der Waals surface area contributed by atoms with E-state index >= 15 is 0 Å². The molecule has 0 aromatic heterocycles. The van der Waals surface area contributed by atoms with Gasteiger partial charge in [0, 0.05) is 0 Å². The highest BCUT2D eigenvalue weighted by molar-refractivity contribution is 4.99. The maximum Gasteiger partial charge on any atom is 0.0675 e. The minimum absolute atomic E-state index is 0. The molecule has 1 aromatic carbocycles. The molecule has 12 heavy (non-hydrogen) atoms. The molecule has 0 spiro atoms. The van der Waals surface area contributed by atoms with E-state index in [0.717, 1.165) is 4.48 Å². The van der Waals surface area contributed by atoms with Gasteiger partial charge in [-0.2, -0.15) is 0 Å². The Balaban J connectivity index is 0. The summed E-state index contributed by atoms with van der Waals surface area (Å²) in [5, 5.41) is 0. The van der Waals surface area contributed by atoms with Crippen molar-refractivity contribution in [3.8, 4) is 0 Å². The minimum Gasteiger partial charge on any atom is -1.00 e. The molecular weight excluding hydrogens is 214 g/mol. The third-order valence-electron chi connectivity index (χ3n) is 0.667. The van der Waals surface area contributed by atoms with Crippen LogP contribution in [0.15, 0.2) is 36.4 Å². The molecule has 0 atom stereocenters. The highest BCUT2D eigenvalue weighted by Gasteiger charge is 1.88. The Morgan fingerprint density at radius 2 is 0.667 bits per heavy atom. The summed E-state index contributed by atoms with van der Waals surface area (Å²) >= 11 is 0. The number of hydrogen-bond acceptors (Lipinski definition) is 0. The van der Waals surface area contributed by atoms with Crippen LogP contribution < -0.4 is 17.0 Å². The molecule has 2 heteroatoms. The van der Waals surface area contributed by atoms with Crippen molar-refractivity contribution in [3.63, 3.8) is 0 Å². The fraction of sp³-hybridized carbons (Fsp3) is 0.400. The van der Waals surface area contributed by atoms with Gasteiger partial charge in [-0.25, -0.2) is 0 Å². The molecule has 0 N–H and O–H groups in total. The lowest BCUT2D eigenvalue weighted by atomic mass is 10.4. The van der Waals surface area contributed by atoms with Gasteiger partial charge in [-0.3, -0.25) is 0 Å². The Kier molecular flexibility index (Phi) is 8.66. The molecule has 0 bridgehead atoms. The lowest BCUT2D eigenvalue weighted by molar-refractivity contribution is -0.849. The largest absolute Gasteiger partial charge is 1.00 e. The number of hydrogen-bond donors (Lipinski definition) is 0. The van der Waals surface area contributed by atoms with Crippen molar-refractivity contribution in [1.29, 1.82) is 0 Å². The average Bonchev–Trinajstić information content (AvgIpc) is 1.88. The summed E-state index contributed by atoms with van der Waals surface area (Å²) in [6.07, 6.45) is 0. The van der Waals surface area contributed by atoms with Crippen LogP contribution in [-0.4, -0.2) is 32.7 Å². The van der Waals surface area contributed by atoms with Gasteiger partial charge >= 0.3 is 0 Å². The second-order valence-corrected chi connectivity index (χ2v) is 3.84. The summed E-state index contributed by atoms with van der Waals surface area (Å²) in [6.45, 7) is 0. The smallest absolute Gasteiger partial charge is 0.0675 e. The van der Waals surface area contributed by atoms with Crippen LogP contribution >= 0.6 is 0 Å². The number of rotatable bonds is 0. The van der Waals surface area contributed by atoms with Crippen LogP contribution in [0.25, 0.3) is 0 Å². The number of nitrogens with zero attached hydrogens (tertiary/aromatic N) is 1. The van der Waals surface area contributed by atoms with Gasteiger partial charge in [-0.15, -0.1) is 0 Å². The maximum absolute atomic E-state index is 2.12. The summed E-state index contributed by atoms with van der Waals surface area (Å²) in [6, 6.07) is 12.0. The predicted molar refractivity (Wildman–Crippen MR) is 50.4 cm³/mol. The zero-order valence-corrected chi connectivity index (χ0v) is 9.88. The first-order valence-electron chi connectivity index (χ1n) is 3.79. The van der Waals surface area contributed by atoms with Gasteiger partial charge in [0.15, 0.2) is 0 Å². The standard InChI is InChI=1S/C6H6.C4H12N.BrH/c1-2-4-6-5-3-1;1-5(2,3)4;/h1-6H;1-4H3;1H/q;+1;/p-1. The molecule has 1 aromatic rings. The van der Waals surface area contributed by atoms with Gasteiger partial charge in [-0.05, 0) is 0 Å². The third kappa shape index (κ3) is 22.6.